The summed E-state index contributed by atoms with van der Waals surface area (Å²) in [6, 6.07) is 4.23. The highest BCUT2D eigenvalue weighted by atomic mass is 35.5. The zero-order chi connectivity index (χ0) is 12.4. The third-order valence-electron chi connectivity index (χ3n) is 2.74. The molecular formula is C13H15ClN2S. The van der Waals surface area contributed by atoms with E-state index in [-0.39, 0.29) is 6.04 Å². The van der Waals surface area contributed by atoms with Gasteiger partial charge in [-0.05, 0) is 43.5 Å². The molecule has 0 aliphatic carbocycles. The Morgan fingerprint density at radius 1 is 1.35 bits per heavy atom. The molecule has 1 atom stereocenters. The number of hydrogen-bond acceptors (Lipinski definition) is 3. The molecule has 0 fully saturated rings. The van der Waals surface area contributed by atoms with Crippen LogP contribution in [0.5, 0.6) is 0 Å². The van der Waals surface area contributed by atoms with Crippen LogP contribution in [-0.2, 0) is 0 Å². The van der Waals surface area contributed by atoms with Crippen LogP contribution in [0.1, 0.15) is 27.7 Å². The topological polar surface area (TPSA) is 24.9 Å². The quantitative estimate of drug-likeness (QED) is 0.916. The molecule has 2 rings (SSSR count). The molecule has 90 valence electrons. The minimum Gasteiger partial charge on any atom is -0.309 e. The van der Waals surface area contributed by atoms with Crippen molar-refractivity contribution >= 4 is 22.9 Å². The van der Waals surface area contributed by atoms with Crippen molar-refractivity contribution in [2.75, 3.05) is 7.05 Å². The van der Waals surface area contributed by atoms with E-state index in [0.717, 1.165) is 26.7 Å². The van der Waals surface area contributed by atoms with Crippen molar-refractivity contribution in [3.63, 3.8) is 0 Å². The second-order valence-electron chi connectivity index (χ2n) is 4.05. The molecule has 17 heavy (non-hydrogen) atoms. The van der Waals surface area contributed by atoms with Gasteiger partial charge in [-0.25, -0.2) is 0 Å². The summed E-state index contributed by atoms with van der Waals surface area (Å²) in [5.74, 6) is 0. The van der Waals surface area contributed by atoms with Gasteiger partial charge in [0.25, 0.3) is 0 Å². The van der Waals surface area contributed by atoms with E-state index in [0.29, 0.717) is 0 Å². The first kappa shape index (κ1) is 12.6. The van der Waals surface area contributed by atoms with Crippen LogP contribution in [-0.4, -0.2) is 12.0 Å². The van der Waals surface area contributed by atoms with Gasteiger partial charge in [0.2, 0.25) is 0 Å². The van der Waals surface area contributed by atoms with Gasteiger partial charge >= 0.3 is 0 Å². The van der Waals surface area contributed by atoms with Gasteiger partial charge in [0.05, 0.1) is 11.1 Å². The smallest absolute Gasteiger partial charge is 0.0698 e. The highest BCUT2D eigenvalue weighted by Gasteiger charge is 2.18. The fourth-order valence-electron chi connectivity index (χ4n) is 1.74. The summed E-state index contributed by atoms with van der Waals surface area (Å²) in [4.78, 5) is 5.48. The molecule has 4 heteroatoms. The fourth-order valence-corrected chi connectivity index (χ4v) is 3.18. The van der Waals surface area contributed by atoms with Crippen molar-refractivity contribution in [2.45, 2.75) is 19.9 Å². The third kappa shape index (κ3) is 2.51. The Balaban J connectivity index is 2.40. The molecule has 0 saturated carbocycles. The van der Waals surface area contributed by atoms with E-state index in [4.69, 9.17) is 11.6 Å². The average Bonchev–Trinajstić information content (AvgIpc) is 2.65. The average molecular weight is 267 g/mol. The maximum atomic E-state index is 6.31. The second-order valence-corrected chi connectivity index (χ2v) is 5.34. The summed E-state index contributed by atoms with van der Waals surface area (Å²) in [7, 11) is 1.94. The van der Waals surface area contributed by atoms with E-state index in [2.05, 4.69) is 21.7 Å². The van der Waals surface area contributed by atoms with Crippen LogP contribution in [0.4, 0.5) is 0 Å². The molecule has 1 N–H and O–H groups in total. The first-order valence-electron chi connectivity index (χ1n) is 5.46. The summed E-state index contributed by atoms with van der Waals surface area (Å²) in [5, 5.41) is 6.24. The molecular weight excluding hydrogens is 252 g/mol. The highest BCUT2D eigenvalue weighted by Crippen LogP contribution is 2.35. The number of thiophene rings is 1. The molecule has 0 aromatic carbocycles. The minimum atomic E-state index is 0.120. The van der Waals surface area contributed by atoms with Crippen LogP contribution in [0.3, 0.4) is 0 Å². The SMILES string of the molecule is CNC(c1ccc(C)nc1)c1scc(C)c1Cl. The molecule has 0 amide bonds. The molecule has 2 heterocycles. The lowest BCUT2D eigenvalue weighted by Crippen LogP contribution is -2.17. The Morgan fingerprint density at radius 2 is 2.12 bits per heavy atom. The van der Waals surface area contributed by atoms with E-state index < -0.39 is 0 Å². The van der Waals surface area contributed by atoms with E-state index >= 15 is 0 Å². The summed E-state index contributed by atoms with van der Waals surface area (Å²) in [6.45, 7) is 4.02. The zero-order valence-electron chi connectivity index (χ0n) is 10.1. The number of aromatic nitrogens is 1. The van der Waals surface area contributed by atoms with E-state index in [1.807, 2.05) is 33.2 Å². The molecule has 0 saturated heterocycles. The fraction of sp³-hybridized carbons (Fsp3) is 0.308. The Kier molecular flexibility index (Phi) is 3.82. The van der Waals surface area contributed by atoms with Crippen molar-refractivity contribution < 1.29 is 0 Å². The van der Waals surface area contributed by atoms with Crippen LogP contribution in [0, 0.1) is 13.8 Å². The van der Waals surface area contributed by atoms with Gasteiger partial charge in [-0.2, -0.15) is 0 Å². The van der Waals surface area contributed by atoms with Crippen LogP contribution in [0.2, 0.25) is 5.02 Å². The molecule has 0 radical (unpaired) electrons. The Hall–Kier alpha value is -0.900. The molecule has 0 aliphatic rings. The molecule has 2 nitrogen and oxygen atoms in total. The number of hydrogen-bond donors (Lipinski definition) is 1. The maximum Gasteiger partial charge on any atom is 0.0698 e. The van der Waals surface area contributed by atoms with E-state index in [1.54, 1.807) is 11.3 Å². The Labute approximate surface area is 111 Å². The summed E-state index contributed by atoms with van der Waals surface area (Å²) in [5.41, 5.74) is 3.30. The van der Waals surface area contributed by atoms with Gasteiger partial charge in [-0.15, -0.1) is 11.3 Å². The summed E-state index contributed by atoms with van der Waals surface area (Å²) < 4.78 is 0. The first-order chi connectivity index (χ1) is 8.13. The maximum absolute atomic E-state index is 6.31. The van der Waals surface area contributed by atoms with Gasteiger partial charge < -0.3 is 5.32 Å². The van der Waals surface area contributed by atoms with Gasteiger partial charge in [-0.1, -0.05) is 17.7 Å². The van der Waals surface area contributed by atoms with Crippen LogP contribution >= 0.6 is 22.9 Å². The monoisotopic (exact) mass is 266 g/mol. The summed E-state index contributed by atoms with van der Waals surface area (Å²) >= 11 is 8.00. The second kappa shape index (κ2) is 5.17. The number of nitrogens with zero attached hydrogens (tertiary/aromatic N) is 1. The Morgan fingerprint density at radius 3 is 2.59 bits per heavy atom. The van der Waals surface area contributed by atoms with E-state index in [9.17, 15) is 0 Å². The third-order valence-corrected chi connectivity index (χ3v) is 4.52. The minimum absolute atomic E-state index is 0.120. The van der Waals surface area contributed by atoms with Gasteiger partial charge in [-0.3, -0.25) is 4.98 Å². The van der Waals surface area contributed by atoms with Crippen molar-refractivity contribution in [3.05, 3.63) is 50.4 Å². The first-order valence-corrected chi connectivity index (χ1v) is 6.72. The number of nitrogens with one attached hydrogen (secondary N) is 1. The Bertz CT molecular complexity index is 505. The van der Waals surface area contributed by atoms with Gasteiger partial charge in [0.15, 0.2) is 0 Å². The van der Waals surface area contributed by atoms with Crippen molar-refractivity contribution in [2.24, 2.45) is 0 Å². The lowest BCUT2D eigenvalue weighted by Gasteiger charge is -2.15. The number of pyridine rings is 1. The van der Waals surface area contributed by atoms with E-state index in [1.165, 1.54) is 0 Å². The molecule has 0 aliphatic heterocycles. The highest BCUT2D eigenvalue weighted by molar-refractivity contribution is 7.10. The molecule has 2 aromatic heterocycles. The largest absolute Gasteiger partial charge is 0.309 e. The summed E-state index contributed by atoms with van der Waals surface area (Å²) in [6.07, 6.45) is 1.90. The van der Waals surface area contributed by atoms with Crippen molar-refractivity contribution in [1.82, 2.24) is 10.3 Å². The standard InChI is InChI=1S/C13H15ClN2S/c1-8-7-17-13(11(8)14)12(15-3)10-5-4-9(2)16-6-10/h4-7,12,15H,1-3H3. The number of rotatable bonds is 3. The number of halogens is 1. The number of aryl methyl sites for hydroxylation is 2. The molecule has 0 bridgehead atoms. The van der Waals surface area contributed by atoms with Gasteiger partial charge in [0, 0.05) is 16.8 Å². The lowest BCUT2D eigenvalue weighted by molar-refractivity contribution is 0.700. The molecule has 0 spiro atoms. The zero-order valence-corrected chi connectivity index (χ0v) is 11.7. The van der Waals surface area contributed by atoms with Crippen LogP contribution in [0.25, 0.3) is 0 Å². The normalized spacial score (nSPS) is 12.7. The van der Waals surface area contributed by atoms with Crippen molar-refractivity contribution in [1.29, 1.82) is 0 Å². The van der Waals surface area contributed by atoms with Gasteiger partial charge in [0.1, 0.15) is 0 Å². The molecule has 1 unspecified atom stereocenters. The lowest BCUT2D eigenvalue weighted by atomic mass is 10.1. The van der Waals surface area contributed by atoms with Crippen LogP contribution in [0.15, 0.2) is 23.7 Å². The van der Waals surface area contributed by atoms with Crippen LogP contribution < -0.4 is 5.32 Å². The van der Waals surface area contributed by atoms with Crippen molar-refractivity contribution in [3.8, 4) is 0 Å². The molecule has 2 aromatic rings. The predicted molar refractivity (Wildman–Crippen MR) is 73.9 cm³/mol. The predicted octanol–water partition coefficient (Wildman–Crippen LogP) is 3.72.